The molecular formula is C29H25N3O3S. The van der Waals surface area contributed by atoms with Crippen LogP contribution in [0.3, 0.4) is 0 Å². The summed E-state index contributed by atoms with van der Waals surface area (Å²) in [6, 6.07) is 26.3. The molecule has 0 bridgehead atoms. The van der Waals surface area contributed by atoms with Crippen molar-refractivity contribution in [2.24, 2.45) is 0 Å². The number of nitrogens with one attached hydrogen (secondary N) is 1. The molecule has 1 atom stereocenters. The quantitative estimate of drug-likeness (QED) is 0.217. The smallest absolute Gasteiger partial charge is 0.262 e. The van der Waals surface area contributed by atoms with Gasteiger partial charge in [-0.1, -0.05) is 66.4 Å². The number of furan rings is 1. The van der Waals surface area contributed by atoms with E-state index in [0.29, 0.717) is 21.8 Å². The molecule has 36 heavy (non-hydrogen) atoms. The van der Waals surface area contributed by atoms with Gasteiger partial charge in [-0.2, -0.15) is 0 Å². The fraction of sp³-hybridized carbons (Fsp3) is 0.138. The number of benzene rings is 3. The molecule has 0 aliphatic carbocycles. The molecule has 7 heteroatoms. The van der Waals surface area contributed by atoms with E-state index in [2.05, 4.69) is 5.32 Å². The molecule has 180 valence electrons. The Hall–Kier alpha value is -4.10. The van der Waals surface area contributed by atoms with Crippen LogP contribution in [0.5, 0.6) is 0 Å². The zero-order valence-corrected chi connectivity index (χ0v) is 20.8. The maximum Gasteiger partial charge on any atom is 0.262 e. The van der Waals surface area contributed by atoms with Gasteiger partial charge in [0.2, 0.25) is 5.91 Å². The molecule has 0 radical (unpaired) electrons. The van der Waals surface area contributed by atoms with Gasteiger partial charge in [0.25, 0.3) is 5.56 Å². The molecule has 0 aliphatic heterocycles. The molecule has 0 spiro atoms. The lowest BCUT2D eigenvalue weighted by Crippen LogP contribution is -2.26. The Balaban J connectivity index is 1.59. The molecule has 0 fully saturated rings. The largest absolute Gasteiger partial charge is 0.467 e. The van der Waals surface area contributed by atoms with Crippen molar-refractivity contribution in [1.29, 1.82) is 0 Å². The highest BCUT2D eigenvalue weighted by atomic mass is 32.2. The number of anilines is 1. The van der Waals surface area contributed by atoms with Gasteiger partial charge < -0.3 is 9.73 Å². The molecule has 1 N–H and O–H groups in total. The van der Waals surface area contributed by atoms with Gasteiger partial charge in [0.05, 0.1) is 23.7 Å². The molecule has 3 aromatic carbocycles. The number of thioether (sulfide) groups is 1. The topological polar surface area (TPSA) is 77.1 Å². The number of hydrogen-bond donors (Lipinski definition) is 1. The standard InChI is InChI=1S/C29H25N3O3S/c1-19-14-15-20(2)25(17-19)30-27(33)26(21-9-4-3-5-10-21)36-29-31-24-13-7-6-12-23(24)28(34)32(29)18-22-11-8-16-35-22/h3-17,26H,18H2,1-2H3,(H,30,33). The van der Waals surface area contributed by atoms with Crippen molar-refractivity contribution in [3.8, 4) is 0 Å². The van der Waals surface area contributed by atoms with Crippen molar-refractivity contribution in [2.45, 2.75) is 30.8 Å². The summed E-state index contributed by atoms with van der Waals surface area (Å²) < 4.78 is 7.10. The van der Waals surface area contributed by atoms with Crippen LogP contribution in [0.15, 0.2) is 106 Å². The van der Waals surface area contributed by atoms with Crippen LogP contribution in [-0.2, 0) is 11.3 Å². The third-order valence-electron chi connectivity index (χ3n) is 5.94. The lowest BCUT2D eigenvalue weighted by atomic mass is 10.1. The van der Waals surface area contributed by atoms with Crippen molar-refractivity contribution in [2.75, 3.05) is 5.32 Å². The van der Waals surface area contributed by atoms with Crippen molar-refractivity contribution >= 4 is 34.3 Å². The van der Waals surface area contributed by atoms with Crippen molar-refractivity contribution in [3.05, 3.63) is 124 Å². The van der Waals surface area contributed by atoms with Crippen LogP contribution in [0, 0.1) is 13.8 Å². The highest BCUT2D eigenvalue weighted by molar-refractivity contribution is 8.00. The van der Waals surface area contributed by atoms with Crippen LogP contribution in [0.25, 0.3) is 10.9 Å². The summed E-state index contributed by atoms with van der Waals surface area (Å²) in [7, 11) is 0. The van der Waals surface area contributed by atoms with Gasteiger partial charge in [0, 0.05) is 5.69 Å². The number of carbonyl (C=O) groups excluding carboxylic acids is 1. The zero-order valence-electron chi connectivity index (χ0n) is 20.0. The van der Waals surface area contributed by atoms with Crippen molar-refractivity contribution in [1.82, 2.24) is 9.55 Å². The predicted octanol–water partition coefficient (Wildman–Crippen LogP) is 6.13. The number of hydrogen-bond acceptors (Lipinski definition) is 5. The number of fused-ring (bicyclic) bond motifs is 1. The first kappa shape index (κ1) is 23.6. The van der Waals surface area contributed by atoms with E-state index in [-0.39, 0.29) is 18.0 Å². The lowest BCUT2D eigenvalue weighted by molar-refractivity contribution is -0.115. The molecule has 2 heterocycles. The van der Waals surface area contributed by atoms with Crippen molar-refractivity contribution < 1.29 is 9.21 Å². The van der Waals surface area contributed by atoms with Crippen LogP contribution < -0.4 is 10.9 Å². The highest BCUT2D eigenvalue weighted by Crippen LogP contribution is 2.36. The molecule has 0 saturated heterocycles. The molecule has 5 aromatic rings. The summed E-state index contributed by atoms with van der Waals surface area (Å²) >= 11 is 1.25. The van der Waals surface area contributed by atoms with Gasteiger partial charge in [-0.05, 0) is 60.9 Å². The fourth-order valence-corrected chi connectivity index (χ4v) is 5.11. The third kappa shape index (κ3) is 4.97. The van der Waals surface area contributed by atoms with E-state index < -0.39 is 5.25 Å². The number of aromatic nitrogens is 2. The summed E-state index contributed by atoms with van der Waals surface area (Å²) in [6.45, 7) is 4.17. The Morgan fingerprint density at radius 3 is 2.56 bits per heavy atom. The van der Waals surface area contributed by atoms with E-state index in [1.54, 1.807) is 23.0 Å². The highest BCUT2D eigenvalue weighted by Gasteiger charge is 2.26. The molecule has 2 aromatic heterocycles. The second kappa shape index (κ2) is 10.3. The SMILES string of the molecule is Cc1ccc(C)c(NC(=O)C(Sc2nc3ccccc3c(=O)n2Cc2ccco2)c2ccccc2)c1. The number of nitrogens with zero attached hydrogens (tertiary/aromatic N) is 2. The van der Waals surface area contributed by atoms with E-state index in [9.17, 15) is 9.59 Å². The van der Waals surface area contributed by atoms with Gasteiger partial charge in [0.1, 0.15) is 11.0 Å². The fourth-order valence-electron chi connectivity index (χ4n) is 4.01. The molecule has 0 saturated carbocycles. The maximum atomic E-state index is 13.7. The average Bonchev–Trinajstić information content (AvgIpc) is 3.40. The van der Waals surface area contributed by atoms with Crippen molar-refractivity contribution in [3.63, 3.8) is 0 Å². The summed E-state index contributed by atoms with van der Waals surface area (Å²) in [5.41, 5.74) is 4.02. The van der Waals surface area contributed by atoms with Crippen LogP contribution >= 0.6 is 11.8 Å². The minimum atomic E-state index is -0.637. The Bertz CT molecular complexity index is 1580. The Morgan fingerprint density at radius 1 is 1.00 bits per heavy atom. The summed E-state index contributed by atoms with van der Waals surface area (Å²) in [5.74, 6) is 0.444. The average molecular weight is 496 g/mol. The summed E-state index contributed by atoms with van der Waals surface area (Å²) in [4.78, 5) is 32.0. The Kier molecular flexibility index (Phi) is 6.73. The van der Waals surface area contributed by atoms with E-state index in [1.165, 1.54) is 11.8 Å². The maximum absolute atomic E-state index is 13.7. The van der Waals surface area contributed by atoms with E-state index in [0.717, 1.165) is 22.4 Å². The Labute approximate surface area is 213 Å². The monoisotopic (exact) mass is 495 g/mol. The summed E-state index contributed by atoms with van der Waals surface area (Å²) in [5, 5.41) is 3.42. The Morgan fingerprint density at radius 2 is 1.78 bits per heavy atom. The van der Waals surface area contributed by atoms with Crippen LogP contribution in [0.4, 0.5) is 5.69 Å². The van der Waals surface area contributed by atoms with Gasteiger partial charge >= 0.3 is 0 Å². The van der Waals surface area contributed by atoms with E-state index >= 15 is 0 Å². The minimum absolute atomic E-state index is 0.179. The normalized spacial score (nSPS) is 11.9. The van der Waals surface area contributed by atoms with Gasteiger partial charge in [-0.3, -0.25) is 14.2 Å². The van der Waals surface area contributed by atoms with Crippen LogP contribution in [0.1, 0.15) is 27.7 Å². The molecule has 1 unspecified atom stereocenters. The second-order valence-electron chi connectivity index (χ2n) is 8.60. The van der Waals surface area contributed by atoms with Crippen LogP contribution in [-0.4, -0.2) is 15.5 Å². The first-order valence-electron chi connectivity index (χ1n) is 11.6. The van der Waals surface area contributed by atoms with E-state index in [4.69, 9.17) is 9.40 Å². The third-order valence-corrected chi connectivity index (χ3v) is 7.18. The number of para-hydroxylation sites is 1. The van der Waals surface area contributed by atoms with Crippen LogP contribution in [0.2, 0.25) is 0 Å². The van der Waals surface area contributed by atoms with Gasteiger partial charge in [-0.15, -0.1) is 0 Å². The molecular weight excluding hydrogens is 470 g/mol. The molecule has 0 aliphatic rings. The first-order valence-corrected chi connectivity index (χ1v) is 12.5. The number of rotatable bonds is 7. The van der Waals surface area contributed by atoms with Gasteiger partial charge in [0.15, 0.2) is 5.16 Å². The first-order chi connectivity index (χ1) is 17.5. The lowest BCUT2D eigenvalue weighted by Gasteiger charge is -2.20. The number of carbonyl (C=O) groups is 1. The number of aryl methyl sites for hydroxylation is 2. The predicted molar refractivity (Wildman–Crippen MR) is 143 cm³/mol. The molecule has 1 amide bonds. The minimum Gasteiger partial charge on any atom is -0.467 e. The molecule has 6 nitrogen and oxygen atoms in total. The molecule has 5 rings (SSSR count). The van der Waals surface area contributed by atoms with E-state index in [1.807, 2.05) is 86.6 Å². The zero-order chi connectivity index (χ0) is 25.1. The summed E-state index contributed by atoms with van der Waals surface area (Å²) in [6.07, 6.45) is 1.58. The number of amides is 1. The second-order valence-corrected chi connectivity index (χ2v) is 9.67. The van der Waals surface area contributed by atoms with Gasteiger partial charge in [-0.25, -0.2) is 4.98 Å².